The zero-order valence-corrected chi connectivity index (χ0v) is 10.0. The largest absolute Gasteiger partial charge is 0.412 e. The number of ether oxygens (including phenoxy) is 1. The monoisotopic (exact) mass is 232 g/mol. The van der Waals surface area contributed by atoms with Crippen molar-refractivity contribution >= 4 is 17.3 Å². The Morgan fingerprint density at radius 3 is 2.69 bits per heavy atom. The zero-order chi connectivity index (χ0) is 11.5. The quantitative estimate of drug-likeness (QED) is 0.740. The van der Waals surface area contributed by atoms with Crippen LogP contribution < -0.4 is 4.74 Å². The van der Waals surface area contributed by atoms with E-state index in [1.165, 1.54) is 11.3 Å². The molecule has 0 aliphatic heterocycles. The highest BCUT2D eigenvalue weighted by Crippen LogP contribution is 2.21. The second-order valence-electron chi connectivity index (χ2n) is 3.57. The molecule has 82 valence electrons. The normalized spacial score (nSPS) is 10.1. The lowest BCUT2D eigenvalue weighted by molar-refractivity contribution is 0.0740. The van der Waals surface area contributed by atoms with Crippen molar-refractivity contribution in [1.82, 2.24) is 0 Å². The van der Waals surface area contributed by atoms with Gasteiger partial charge in [0.25, 0.3) is 0 Å². The van der Waals surface area contributed by atoms with E-state index in [4.69, 9.17) is 4.74 Å². The van der Waals surface area contributed by atoms with Gasteiger partial charge in [-0.3, -0.25) is 0 Å². The Bertz CT molecular complexity index is 501. The topological polar surface area (TPSA) is 26.3 Å². The summed E-state index contributed by atoms with van der Waals surface area (Å²) in [5.74, 6) is -0.288. The van der Waals surface area contributed by atoms with E-state index in [9.17, 15) is 4.79 Å². The summed E-state index contributed by atoms with van der Waals surface area (Å²) in [4.78, 5) is 11.9. The Kier molecular flexibility index (Phi) is 3.06. The van der Waals surface area contributed by atoms with Gasteiger partial charge in [-0.2, -0.15) is 0 Å². The molecule has 0 amide bonds. The summed E-state index contributed by atoms with van der Waals surface area (Å²) in [5.41, 5.74) is 2.71. The second-order valence-corrected chi connectivity index (χ2v) is 4.48. The van der Waals surface area contributed by atoms with Crippen LogP contribution in [0, 0.1) is 13.8 Å². The molecule has 2 nitrogen and oxygen atoms in total. The maximum absolute atomic E-state index is 11.9. The van der Waals surface area contributed by atoms with E-state index in [1.54, 1.807) is 12.1 Å². The number of carbonyl (C=O) groups is 1. The van der Waals surface area contributed by atoms with Crippen LogP contribution in [0.1, 0.15) is 21.5 Å². The van der Waals surface area contributed by atoms with Crippen molar-refractivity contribution in [3.05, 3.63) is 52.4 Å². The van der Waals surface area contributed by atoms with E-state index in [0.717, 1.165) is 11.1 Å². The zero-order valence-electron chi connectivity index (χ0n) is 9.19. The molecule has 1 aromatic carbocycles. The van der Waals surface area contributed by atoms with Gasteiger partial charge in [-0.15, -0.1) is 11.3 Å². The van der Waals surface area contributed by atoms with Crippen LogP contribution in [-0.2, 0) is 0 Å². The number of hydrogen-bond donors (Lipinski definition) is 0. The van der Waals surface area contributed by atoms with Gasteiger partial charge in [-0.05, 0) is 48.6 Å². The molecule has 1 heterocycles. The average molecular weight is 232 g/mol. The summed E-state index contributed by atoms with van der Waals surface area (Å²) in [5, 5.41) is 2.51. The van der Waals surface area contributed by atoms with Crippen molar-refractivity contribution in [2.75, 3.05) is 0 Å². The Hall–Kier alpha value is -1.61. The smallest absolute Gasteiger partial charge is 0.344 e. The second kappa shape index (κ2) is 4.49. The molecule has 0 aliphatic rings. The SMILES string of the molecule is Cc1cccc(C(=O)Oc2cccs2)c1C. The fourth-order valence-electron chi connectivity index (χ4n) is 1.44. The molecule has 0 bridgehead atoms. The molecule has 0 atom stereocenters. The molecule has 0 saturated heterocycles. The molecule has 3 heteroatoms. The van der Waals surface area contributed by atoms with E-state index in [0.29, 0.717) is 10.6 Å². The highest BCUT2D eigenvalue weighted by molar-refractivity contribution is 7.11. The van der Waals surface area contributed by atoms with Crippen molar-refractivity contribution in [1.29, 1.82) is 0 Å². The van der Waals surface area contributed by atoms with Crippen LogP contribution in [0.4, 0.5) is 0 Å². The van der Waals surface area contributed by atoms with Gasteiger partial charge in [0.1, 0.15) is 0 Å². The third kappa shape index (κ3) is 2.14. The van der Waals surface area contributed by atoms with Crippen LogP contribution in [0.15, 0.2) is 35.7 Å². The minimum Gasteiger partial charge on any atom is -0.412 e. The standard InChI is InChI=1S/C13H12O2S/c1-9-5-3-6-11(10(9)2)13(14)15-12-7-4-8-16-12/h3-8H,1-2H3. The van der Waals surface area contributed by atoms with E-state index in [-0.39, 0.29) is 5.97 Å². The molecule has 0 fully saturated rings. The maximum Gasteiger partial charge on any atom is 0.344 e. The molecular weight excluding hydrogens is 220 g/mol. The number of hydrogen-bond acceptors (Lipinski definition) is 3. The van der Waals surface area contributed by atoms with Gasteiger partial charge in [0.2, 0.25) is 0 Å². The molecule has 0 radical (unpaired) electrons. The van der Waals surface area contributed by atoms with E-state index in [1.807, 2.05) is 37.4 Å². The fourth-order valence-corrected chi connectivity index (χ4v) is 2.01. The molecular formula is C13H12O2S. The van der Waals surface area contributed by atoms with Crippen molar-refractivity contribution in [3.63, 3.8) is 0 Å². The first-order chi connectivity index (χ1) is 7.68. The van der Waals surface area contributed by atoms with Crippen LogP contribution >= 0.6 is 11.3 Å². The Morgan fingerprint density at radius 2 is 2.00 bits per heavy atom. The van der Waals surface area contributed by atoms with Crippen LogP contribution in [0.2, 0.25) is 0 Å². The predicted molar refractivity (Wildman–Crippen MR) is 65.2 cm³/mol. The summed E-state index contributed by atoms with van der Waals surface area (Å²) in [7, 11) is 0. The van der Waals surface area contributed by atoms with Gasteiger partial charge in [-0.1, -0.05) is 12.1 Å². The van der Waals surface area contributed by atoms with E-state index in [2.05, 4.69) is 0 Å². The predicted octanol–water partition coefficient (Wildman–Crippen LogP) is 3.58. The number of thiophene rings is 1. The summed E-state index contributed by atoms with van der Waals surface area (Å²) >= 11 is 1.41. The lowest BCUT2D eigenvalue weighted by atomic mass is 10.0. The first kappa shape index (κ1) is 10.9. The molecule has 16 heavy (non-hydrogen) atoms. The highest BCUT2D eigenvalue weighted by Gasteiger charge is 2.12. The maximum atomic E-state index is 11.9. The van der Waals surface area contributed by atoms with Gasteiger partial charge in [0.05, 0.1) is 5.56 Å². The number of aryl methyl sites for hydroxylation is 1. The van der Waals surface area contributed by atoms with Crippen LogP contribution in [0.5, 0.6) is 5.06 Å². The molecule has 0 N–H and O–H groups in total. The van der Waals surface area contributed by atoms with Gasteiger partial charge in [-0.25, -0.2) is 4.79 Å². The highest BCUT2D eigenvalue weighted by atomic mass is 32.1. The molecule has 2 rings (SSSR count). The Labute approximate surface area is 98.5 Å². The summed E-state index contributed by atoms with van der Waals surface area (Å²) in [6, 6.07) is 9.28. The molecule has 0 aliphatic carbocycles. The summed E-state index contributed by atoms with van der Waals surface area (Å²) in [6.45, 7) is 3.91. The van der Waals surface area contributed by atoms with Crippen LogP contribution in [-0.4, -0.2) is 5.97 Å². The summed E-state index contributed by atoms with van der Waals surface area (Å²) < 4.78 is 5.26. The molecule has 0 unspecified atom stereocenters. The van der Waals surface area contributed by atoms with Crippen LogP contribution in [0.3, 0.4) is 0 Å². The van der Waals surface area contributed by atoms with Crippen molar-refractivity contribution in [2.24, 2.45) is 0 Å². The Balaban J connectivity index is 2.24. The number of esters is 1. The molecule has 1 aromatic heterocycles. The summed E-state index contributed by atoms with van der Waals surface area (Å²) in [6.07, 6.45) is 0. The van der Waals surface area contributed by atoms with Gasteiger partial charge in [0.15, 0.2) is 5.06 Å². The number of carbonyl (C=O) groups excluding carboxylic acids is 1. The minimum absolute atomic E-state index is 0.288. The third-order valence-corrected chi connectivity index (χ3v) is 3.26. The van der Waals surface area contributed by atoms with Gasteiger partial charge in [0, 0.05) is 0 Å². The van der Waals surface area contributed by atoms with E-state index >= 15 is 0 Å². The average Bonchev–Trinajstić information content (AvgIpc) is 2.74. The molecule has 0 spiro atoms. The third-order valence-electron chi connectivity index (χ3n) is 2.51. The van der Waals surface area contributed by atoms with E-state index < -0.39 is 0 Å². The Morgan fingerprint density at radius 1 is 1.19 bits per heavy atom. The van der Waals surface area contributed by atoms with Crippen molar-refractivity contribution in [2.45, 2.75) is 13.8 Å². The van der Waals surface area contributed by atoms with Crippen molar-refractivity contribution < 1.29 is 9.53 Å². The minimum atomic E-state index is -0.288. The molecule has 0 saturated carbocycles. The first-order valence-electron chi connectivity index (χ1n) is 5.00. The first-order valence-corrected chi connectivity index (χ1v) is 5.88. The van der Waals surface area contributed by atoms with Crippen LogP contribution in [0.25, 0.3) is 0 Å². The lowest BCUT2D eigenvalue weighted by Gasteiger charge is -2.06. The van der Waals surface area contributed by atoms with Crippen molar-refractivity contribution in [3.8, 4) is 5.06 Å². The number of benzene rings is 1. The van der Waals surface area contributed by atoms with Gasteiger partial charge < -0.3 is 4.74 Å². The molecule has 2 aromatic rings. The fraction of sp³-hybridized carbons (Fsp3) is 0.154. The lowest BCUT2D eigenvalue weighted by Crippen LogP contribution is -2.10. The number of rotatable bonds is 2. The van der Waals surface area contributed by atoms with Gasteiger partial charge >= 0.3 is 5.97 Å².